The van der Waals surface area contributed by atoms with Crippen molar-refractivity contribution in [3.63, 3.8) is 0 Å². The molecule has 3 aromatic heterocycles. The number of pyridine rings is 1. The van der Waals surface area contributed by atoms with E-state index in [2.05, 4.69) is 57.8 Å². The van der Waals surface area contributed by atoms with Gasteiger partial charge in [0, 0.05) is 80.7 Å². The van der Waals surface area contributed by atoms with Gasteiger partial charge >= 0.3 is 0 Å². The number of rotatable bonds is 8. The van der Waals surface area contributed by atoms with Gasteiger partial charge in [0.2, 0.25) is 5.91 Å². The lowest BCUT2D eigenvalue weighted by atomic mass is 9.90. The summed E-state index contributed by atoms with van der Waals surface area (Å²) in [4.78, 5) is 52.8. The fraction of sp³-hybridized carbons (Fsp3) is 0.378. The Morgan fingerprint density at radius 1 is 1.16 bits per heavy atom. The van der Waals surface area contributed by atoms with Crippen LogP contribution in [-0.2, 0) is 37.8 Å². The van der Waals surface area contributed by atoms with Crippen molar-refractivity contribution in [2.24, 2.45) is 12.5 Å². The van der Waals surface area contributed by atoms with E-state index in [9.17, 15) is 19.5 Å². The first-order valence-electron chi connectivity index (χ1n) is 17.0. The number of hydrogen-bond acceptors (Lipinski definition) is 9. The van der Waals surface area contributed by atoms with Crippen molar-refractivity contribution in [3.8, 4) is 11.3 Å². The van der Waals surface area contributed by atoms with Crippen molar-refractivity contribution >= 4 is 40.5 Å². The third-order valence-electron chi connectivity index (χ3n) is 9.93. The van der Waals surface area contributed by atoms with E-state index in [1.807, 2.05) is 18.2 Å². The molecule has 0 bridgehead atoms. The molecule has 1 atom stereocenters. The Morgan fingerprint density at radius 2 is 1.98 bits per heavy atom. The van der Waals surface area contributed by atoms with Crippen LogP contribution in [0.3, 0.4) is 0 Å². The lowest BCUT2D eigenvalue weighted by Gasteiger charge is -2.37. The van der Waals surface area contributed by atoms with Gasteiger partial charge in [-0.1, -0.05) is 20.4 Å². The van der Waals surface area contributed by atoms with Crippen LogP contribution in [-0.4, -0.2) is 68.2 Å². The third kappa shape index (κ3) is 5.96. The van der Waals surface area contributed by atoms with Gasteiger partial charge in [0.1, 0.15) is 11.5 Å². The van der Waals surface area contributed by atoms with E-state index in [0.717, 1.165) is 38.2 Å². The number of hydrogen-bond donors (Lipinski definition) is 4. The zero-order valence-corrected chi connectivity index (χ0v) is 28.9. The van der Waals surface area contributed by atoms with Crippen molar-refractivity contribution in [2.75, 3.05) is 46.6 Å². The number of fused-ring (bicyclic) bond motifs is 3. The first-order chi connectivity index (χ1) is 24.0. The minimum Gasteiger partial charge on any atom is -0.392 e. The average molecular weight is 678 g/mol. The van der Waals surface area contributed by atoms with Crippen LogP contribution in [0, 0.1) is 5.41 Å². The Morgan fingerprint density at radius 3 is 2.74 bits per heavy atom. The third-order valence-corrected chi connectivity index (χ3v) is 9.93. The topological polar surface area (TPSA) is 150 Å². The average Bonchev–Trinajstić information content (AvgIpc) is 3.59. The van der Waals surface area contributed by atoms with Crippen molar-refractivity contribution in [2.45, 2.75) is 52.8 Å². The van der Waals surface area contributed by atoms with E-state index >= 15 is 0 Å². The van der Waals surface area contributed by atoms with Gasteiger partial charge in [0.05, 0.1) is 23.7 Å². The summed E-state index contributed by atoms with van der Waals surface area (Å²) in [6, 6.07) is 9.48. The monoisotopic (exact) mass is 677 g/mol. The second-order valence-corrected chi connectivity index (χ2v) is 14.1. The van der Waals surface area contributed by atoms with Crippen LogP contribution in [0.25, 0.3) is 11.3 Å². The maximum atomic E-state index is 13.9. The summed E-state index contributed by atoms with van der Waals surface area (Å²) in [6.45, 7) is 13.3. The summed E-state index contributed by atoms with van der Waals surface area (Å²) in [5.41, 5.74) is 6.31. The first-order valence-corrected chi connectivity index (χ1v) is 17.0. The standard InChI is InChI=1S/C37H43N9O4/c1-6-32(48)41-27-16-24(7-8-29(27)44-12-11-38-19-22(44)2)40-33-36(50)43(5)20-28(42-33)25-9-10-39-34(26(25)21-47)46-14-13-45-30(35(46)49)15-23-17-37(3,4)18-31(23)45/h6-10,15-16,20,22,38,47H,1,11-14,17-19,21H2,2-5H3,(H,40,42)(H,41,48). The molecule has 1 aromatic carbocycles. The molecule has 0 radical (unpaired) electrons. The van der Waals surface area contributed by atoms with Crippen molar-refractivity contribution in [1.82, 2.24) is 24.4 Å². The molecule has 0 spiro atoms. The number of amides is 2. The molecule has 4 aromatic rings. The Labute approximate surface area is 290 Å². The minimum atomic E-state index is -0.389. The SMILES string of the molecule is C=CC(=O)Nc1cc(Nc2nc(-c3ccnc(N4CCn5c(cc6c5CC(C)(C)C6)C4=O)c3CO)cn(C)c2=O)ccc1N1CCNCC1C. The predicted octanol–water partition coefficient (Wildman–Crippen LogP) is 3.59. The lowest BCUT2D eigenvalue weighted by Crippen LogP contribution is -2.50. The second kappa shape index (κ2) is 12.9. The lowest BCUT2D eigenvalue weighted by molar-refractivity contribution is -0.111. The number of aliphatic hydroxyl groups is 1. The number of aryl methyl sites for hydroxylation is 1. The quantitative estimate of drug-likeness (QED) is 0.205. The zero-order valence-electron chi connectivity index (χ0n) is 28.9. The second-order valence-electron chi connectivity index (χ2n) is 14.1. The van der Waals surface area contributed by atoms with Crippen LogP contribution in [0.5, 0.6) is 0 Å². The highest BCUT2D eigenvalue weighted by molar-refractivity contribution is 6.06. The van der Waals surface area contributed by atoms with Gasteiger partial charge in [-0.05, 0) is 67.2 Å². The molecule has 1 fully saturated rings. The maximum absolute atomic E-state index is 13.9. The molecule has 2 aliphatic heterocycles. The van der Waals surface area contributed by atoms with Gasteiger partial charge in [0.25, 0.3) is 11.5 Å². The van der Waals surface area contributed by atoms with Gasteiger partial charge < -0.3 is 35.1 Å². The Hall–Kier alpha value is -5.27. The van der Waals surface area contributed by atoms with E-state index in [-0.39, 0.29) is 41.3 Å². The molecule has 4 N–H and O–H groups in total. The van der Waals surface area contributed by atoms with Crippen molar-refractivity contribution in [1.29, 1.82) is 0 Å². The van der Waals surface area contributed by atoms with Crippen LogP contribution < -0.4 is 31.3 Å². The van der Waals surface area contributed by atoms with Crippen LogP contribution in [0.15, 0.2) is 60.2 Å². The molecular weight excluding hydrogens is 634 g/mol. The van der Waals surface area contributed by atoms with Crippen LogP contribution in [0.1, 0.15) is 48.1 Å². The molecule has 1 aliphatic carbocycles. The fourth-order valence-corrected chi connectivity index (χ4v) is 7.52. The Bertz CT molecular complexity index is 2080. The van der Waals surface area contributed by atoms with Crippen LogP contribution >= 0.6 is 0 Å². The molecular formula is C37H43N9O4. The fourth-order valence-electron chi connectivity index (χ4n) is 7.52. The number of nitrogens with one attached hydrogen (secondary N) is 3. The number of carbonyl (C=O) groups excluding carboxylic acids is 2. The number of aromatic nitrogens is 4. The van der Waals surface area contributed by atoms with Gasteiger partial charge in [-0.3, -0.25) is 19.3 Å². The Balaban J connectivity index is 1.21. The maximum Gasteiger partial charge on any atom is 0.293 e. The molecule has 2 amide bonds. The van der Waals surface area contributed by atoms with Gasteiger partial charge in [-0.15, -0.1) is 0 Å². The number of nitrogens with zero attached hydrogens (tertiary/aromatic N) is 6. The molecule has 3 aliphatic rings. The summed E-state index contributed by atoms with van der Waals surface area (Å²) < 4.78 is 3.56. The van der Waals surface area contributed by atoms with Crippen molar-refractivity contribution < 1.29 is 14.7 Å². The number of aliphatic hydroxyl groups excluding tert-OH is 1. The van der Waals surface area contributed by atoms with Gasteiger partial charge in [-0.25, -0.2) is 9.97 Å². The minimum absolute atomic E-state index is 0.0563. The molecule has 13 nitrogen and oxygen atoms in total. The highest BCUT2D eigenvalue weighted by atomic mass is 16.3. The molecule has 0 saturated carbocycles. The molecule has 13 heteroatoms. The number of carbonyl (C=O) groups is 2. The number of anilines is 5. The molecule has 7 rings (SSSR count). The normalized spacial score (nSPS) is 18.1. The smallest absolute Gasteiger partial charge is 0.293 e. The van der Waals surface area contributed by atoms with Crippen LogP contribution in [0.4, 0.5) is 28.7 Å². The summed E-state index contributed by atoms with van der Waals surface area (Å²) in [6.07, 6.45) is 6.29. The number of piperazine rings is 1. The zero-order chi connectivity index (χ0) is 35.3. The van der Waals surface area contributed by atoms with E-state index in [0.29, 0.717) is 52.8 Å². The molecule has 260 valence electrons. The van der Waals surface area contributed by atoms with E-state index in [1.54, 1.807) is 36.5 Å². The molecule has 50 heavy (non-hydrogen) atoms. The van der Waals surface area contributed by atoms with Crippen molar-refractivity contribution in [3.05, 3.63) is 88.2 Å². The number of benzene rings is 1. The highest BCUT2D eigenvalue weighted by Crippen LogP contribution is 2.40. The van der Waals surface area contributed by atoms with Gasteiger partial charge in [0.15, 0.2) is 5.82 Å². The summed E-state index contributed by atoms with van der Waals surface area (Å²) in [5, 5.41) is 20.1. The summed E-state index contributed by atoms with van der Waals surface area (Å²) in [5.74, 6) is -0.0773. The van der Waals surface area contributed by atoms with Crippen LogP contribution in [0.2, 0.25) is 0 Å². The van der Waals surface area contributed by atoms with E-state index in [4.69, 9.17) is 4.98 Å². The molecule has 1 unspecified atom stereocenters. The van der Waals surface area contributed by atoms with E-state index < -0.39 is 0 Å². The summed E-state index contributed by atoms with van der Waals surface area (Å²) >= 11 is 0. The molecule has 5 heterocycles. The van der Waals surface area contributed by atoms with Gasteiger partial charge in [-0.2, -0.15) is 0 Å². The van der Waals surface area contributed by atoms with E-state index in [1.165, 1.54) is 21.9 Å². The highest BCUT2D eigenvalue weighted by Gasteiger charge is 2.37. The largest absolute Gasteiger partial charge is 0.392 e. The summed E-state index contributed by atoms with van der Waals surface area (Å²) in [7, 11) is 1.63. The predicted molar refractivity (Wildman–Crippen MR) is 194 cm³/mol. The Kier molecular flexibility index (Phi) is 8.56. The molecule has 1 saturated heterocycles. The first kappa shape index (κ1) is 33.2.